The van der Waals surface area contributed by atoms with Gasteiger partial charge in [0.25, 0.3) is 0 Å². The fourth-order valence-electron chi connectivity index (χ4n) is 1.32. The Balaban J connectivity index is 0. The highest BCUT2D eigenvalue weighted by Crippen LogP contribution is 2.28. The van der Waals surface area contributed by atoms with Crippen LogP contribution in [0, 0.1) is 0 Å². The number of anilines is 4. The Morgan fingerprint density at radius 2 is 1.00 bits per heavy atom. The average molecular weight is 335 g/mol. The molecular formula is C13H20Cl2N4S. The van der Waals surface area contributed by atoms with Crippen LogP contribution in [0.25, 0.3) is 0 Å². The van der Waals surface area contributed by atoms with Gasteiger partial charge >= 0.3 is 0 Å². The normalized spacial score (nSPS) is 8.45. The molecule has 20 heavy (non-hydrogen) atoms. The van der Waals surface area contributed by atoms with Gasteiger partial charge < -0.3 is 22.9 Å². The molecule has 0 heterocycles. The van der Waals surface area contributed by atoms with Crippen LogP contribution in [-0.2, 0) is 0 Å². The lowest BCUT2D eigenvalue weighted by molar-refractivity contribution is 1.47. The Morgan fingerprint density at radius 3 is 1.25 bits per heavy atom. The first-order chi connectivity index (χ1) is 8.56. The Bertz CT molecular complexity index is 482. The number of nitrogen functional groups attached to an aromatic ring is 4. The van der Waals surface area contributed by atoms with Gasteiger partial charge in [-0.15, -0.1) is 36.6 Å². The molecule has 0 aliphatic heterocycles. The van der Waals surface area contributed by atoms with Gasteiger partial charge in [-0.2, -0.15) is 0 Å². The minimum atomic E-state index is 0. The number of benzene rings is 2. The van der Waals surface area contributed by atoms with Crippen molar-refractivity contribution in [3.63, 3.8) is 0 Å². The summed E-state index contributed by atoms with van der Waals surface area (Å²) in [6.07, 6.45) is 1.96. The van der Waals surface area contributed by atoms with Crippen LogP contribution in [0.4, 0.5) is 22.7 Å². The predicted molar refractivity (Wildman–Crippen MR) is 96.8 cm³/mol. The maximum atomic E-state index is 5.63. The predicted octanol–water partition coefficient (Wildman–Crippen LogP) is 3.27. The molecule has 0 aliphatic rings. The molecule has 8 N–H and O–H groups in total. The highest BCUT2D eigenvalue weighted by atomic mass is 35.5. The van der Waals surface area contributed by atoms with E-state index in [-0.39, 0.29) is 24.8 Å². The molecular weight excluding hydrogens is 315 g/mol. The molecule has 0 atom stereocenters. The molecule has 0 saturated heterocycles. The van der Waals surface area contributed by atoms with Crippen LogP contribution < -0.4 is 22.9 Å². The smallest absolute Gasteiger partial charge is 0.0547 e. The summed E-state index contributed by atoms with van der Waals surface area (Å²) in [5.41, 5.74) is 24.9. The summed E-state index contributed by atoms with van der Waals surface area (Å²) in [4.78, 5) is 0.975. The highest BCUT2D eigenvalue weighted by Gasteiger charge is 1.99. The largest absolute Gasteiger partial charge is 0.398 e. The summed E-state index contributed by atoms with van der Waals surface area (Å²) in [6.45, 7) is 0. The zero-order valence-corrected chi connectivity index (χ0v) is 13.5. The zero-order chi connectivity index (χ0) is 13.5. The van der Waals surface area contributed by atoms with E-state index < -0.39 is 0 Å². The molecule has 7 heteroatoms. The van der Waals surface area contributed by atoms with Crippen LogP contribution in [0.15, 0.2) is 47.4 Å². The third kappa shape index (κ3) is 6.14. The summed E-state index contributed by atoms with van der Waals surface area (Å²) < 4.78 is 0. The Hall–Kier alpha value is -1.43. The van der Waals surface area contributed by atoms with Gasteiger partial charge in [-0.05, 0) is 30.5 Å². The maximum Gasteiger partial charge on any atom is 0.0547 e. The minimum Gasteiger partial charge on any atom is -0.398 e. The van der Waals surface area contributed by atoms with E-state index in [1.54, 1.807) is 23.9 Å². The quantitative estimate of drug-likeness (QED) is 0.473. The molecule has 0 spiro atoms. The first-order valence-electron chi connectivity index (χ1n) is 5.34. The number of nitrogens with two attached hydrogens (primary N) is 4. The molecule has 0 amide bonds. The van der Waals surface area contributed by atoms with Crippen molar-refractivity contribution < 1.29 is 0 Å². The molecule has 0 saturated carbocycles. The van der Waals surface area contributed by atoms with Gasteiger partial charge in [0, 0.05) is 11.4 Å². The van der Waals surface area contributed by atoms with Crippen LogP contribution in [0.3, 0.4) is 0 Å². The fraction of sp³-hybridized carbons (Fsp3) is 0.0769. The standard InChI is InChI=1S/C7H10N2S.C6H8N2.2ClH/c1-10-7-5(8)3-2-4-6(7)9;7-5-3-1-2-4-6(5)8;;/h2-4H,8-9H2,1H3;1-4H,7-8H2;2*1H. The molecule has 4 nitrogen and oxygen atoms in total. The molecule has 112 valence electrons. The van der Waals surface area contributed by atoms with Gasteiger partial charge in [0.05, 0.1) is 16.3 Å². The molecule has 0 radical (unpaired) electrons. The van der Waals surface area contributed by atoms with Crippen molar-refractivity contribution in [1.29, 1.82) is 0 Å². The molecule has 2 aromatic rings. The number of hydrogen-bond donors (Lipinski definition) is 4. The lowest BCUT2D eigenvalue weighted by Gasteiger charge is -2.03. The first-order valence-corrected chi connectivity index (χ1v) is 6.56. The van der Waals surface area contributed by atoms with Crippen LogP contribution in [0.5, 0.6) is 0 Å². The molecule has 0 aliphatic carbocycles. The van der Waals surface area contributed by atoms with Crippen LogP contribution in [0.2, 0.25) is 0 Å². The third-order valence-corrected chi connectivity index (χ3v) is 3.16. The second-order valence-electron chi connectivity index (χ2n) is 3.60. The van der Waals surface area contributed by atoms with Crippen molar-refractivity contribution in [1.82, 2.24) is 0 Å². The van der Waals surface area contributed by atoms with E-state index in [0.717, 1.165) is 16.3 Å². The number of hydrogen-bond acceptors (Lipinski definition) is 5. The second-order valence-corrected chi connectivity index (χ2v) is 4.42. The molecule has 0 unspecified atom stereocenters. The van der Waals surface area contributed by atoms with Gasteiger partial charge in [-0.3, -0.25) is 0 Å². The van der Waals surface area contributed by atoms with Crippen molar-refractivity contribution in [2.24, 2.45) is 0 Å². The van der Waals surface area contributed by atoms with Crippen LogP contribution in [0.1, 0.15) is 0 Å². The molecule has 0 fully saturated rings. The number of halogens is 2. The summed E-state index contributed by atoms with van der Waals surface area (Å²) in [6, 6.07) is 12.8. The molecule has 2 aromatic carbocycles. The van der Waals surface area contributed by atoms with Gasteiger partial charge in [0.2, 0.25) is 0 Å². The van der Waals surface area contributed by atoms with E-state index in [1.165, 1.54) is 0 Å². The van der Waals surface area contributed by atoms with Gasteiger partial charge in [-0.1, -0.05) is 18.2 Å². The van der Waals surface area contributed by atoms with E-state index in [2.05, 4.69) is 0 Å². The summed E-state index contributed by atoms with van der Waals surface area (Å²) in [7, 11) is 0. The topological polar surface area (TPSA) is 104 Å². The zero-order valence-electron chi connectivity index (χ0n) is 11.1. The summed E-state index contributed by atoms with van der Waals surface area (Å²) >= 11 is 1.57. The first kappa shape index (κ1) is 20.9. The third-order valence-electron chi connectivity index (χ3n) is 2.28. The second kappa shape index (κ2) is 10.4. The SMILES string of the molecule is CSc1c(N)cccc1N.Cl.Cl.Nc1ccccc1N. The molecule has 0 aromatic heterocycles. The Morgan fingerprint density at radius 1 is 0.650 bits per heavy atom. The van der Waals surface area contributed by atoms with E-state index in [9.17, 15) is 0 Å². The Kier molecular flexibility index (Phi) is 10.8. The maximum absolute atomic E-state index is 5.63. The van der Waals surface area contributed by atoms with Crippen molar-refractivity contribution in [3.05, 3.63) is 42.5 Å². The van der Waals surface area contributed by atoms with Crippen molar-refractivity contribution in [3.8, 4) is 0 Å². The minimum absolute atomic E-state index is 0. The molecule has 2 rings (SSSR count). The lowest BCUT2D eigenvalue weighted by atomic mass is 10.3. The van der Waals surface area contributed by atoms with Crippen molar-refractivity contribution in [2.75, 3.05) is 29.2 Å². The van der Waals surface area contributed by atoms with Gasteiger partial charge in [0.15, 0.2) is 0 Å². The molecule has 0 bridgehead atoms. The summed E-state index contributed by atoms with van der Waals surface area (Å²) in [5.74, 6) is 0. The van der Waals surface area contributed by atoms with E-state index >= 15 is 0 Å². The van der Waals surface area contributed by atoms with Gasteiger partial charge in [-0.25, -0.2) is 0 Å². The fourth-order valence-corrected chi connectivity index (χ4v) is 1.93. The Labute approximate surface area is 136 Å². The van der Waals surface area contributed by atoms with Crippen molar-refractivity contribution >= 4 is 59.3 Å². The lowest BCUT2D eigenvalue weighted by Crippen LogP contribution is -1.93. The summed E-state index contributed by atoms with van der Waals surface area (Å²) in [5, 5.41) is 0. The van der Waals surface area contributed by atoms with E-state index in [4.69, 9.17) is 22.9 Å². The number of thioether (sulfide) groups is 1. The number of para-hydroxylation sites is 2. The van der Waals surface area contributed by atoms with Crippen LogP contribution >= 0.6 is 36.6 Å². The van der Waals surface area contributed by atoms with E-state index in [1.807, 2.05) is 36.6 Å². The highest BCUT2D eigenvalue weighted by molar-refractivity contribution is 7.99. The average Bonchev–Trinajstić information content (AvgIpc) is 2.34. The van der Waals surface area contributed by atoms with Gasteiger partial charge in [0.1, 0.15) is 0 Å². The van der Waals surface area contributed by atoms with Crippen molar-refractivity contribution in [2.45, 2.75) is 4.90 Å². The number of rotatable bonds is 1. The van der Waals surface area contributed by atoms with Crippen LogP contribution in [-0.4, -0.2) is 6.26 Å². The van der Waals surface area contributed by atoms with E-state index in [0.29, 0.717) is 11.4 Å². The monoisotopic (exact) mass is 334 g/mol.